The van der Waals surface area contributed by atoms with E-state index in [0.717, 1.165) is 46.7 Å². The Balaban J connectivity index is 1.57. The number of halogens is 2. The molecule has 24 heavy (non-hydrogen) atoms. The lowest BCUT2D eigenvalue weighted by Gasteiger charge is -2.18. The molecule has 1 aliphatic rings. The van der Waals surface area contributed by atoms with Crippen molar-refractivity contribution in [3.8, 4) is 5.75 Å². The molecule has 0 N–H and O–H groups in total. The Labute approximate surface area is 152 Å². The van der Waals surface area contributed by atoms with E-state index in [-0.39, 0.29) is 6.10 Å². The average molecular weight is 409 g/mol. The van der Waals surface area contributed by atoms with Crippen LogP contribution in [0.1, 0.15) is 6.42 Å². The maximum atomic E-state index is 6.05. The lowest BCUT2D eigenvalue weighted by Crippen LogP contribution is -2.25. The van der Waals surface area contributed by atoms with E-state index in [9.17, 15) is 0 Å². The first-order valence-corrected chi connectivity index (χ1v) is 8.79. The van der Waals surface area contributed by atoms with Crippen LogP contribution in [0.2, 0.25) is 5.02 Å². The highest BCUT2D eigenvalue weighted by molar-refractivity contribution is 9.10. The molecule has 1 saturated heterocycles. The third-order valence-corrected chi connectivity index (χ3v) is 4.89. The van der Waals surface area contributed by atoms with Gasteiger partial charge in [-0.25, -0.2) is 14.6 Å². The number of aryl methyl sites for hydroxylation is 1. The minimum atomic E-state index is 0.101. The number of rotatable bonds is 3. The van der Waals surface area contributed by atoms with Crippen molar-refractivity contribution in [2.24, 2.45) is 7.05 Å². The van der Waals surface area contributed by atoms with E-state index in [1.807, 2.05) is 31.3 Å². The van der Waals surface area contributed by atoms with Gasteiger partial charge in [-0.05, 0) is 34.1 Å². The van der Waals surface area contributed by atoms with Crippen LogP contribution >= 0.6 is 27.5 Å². The molecular weight excluding hydrogens is 394 g/mol. The summed E-state index contributed by atoms with van der Waals surface area (Å²) < 4.78 is 8.56. The maximum absolute atomic E-state index is 6.05. The number of hydrogen-bond acceptors (Lipinski definition) is 5. The number of aromatic nitrogens is 4. The molecule has 8 heteroatoms. The van der Waals surface area contributed by atoms with Gasteiger partial charge in [0.25, 0.3) is 0 Å². The second-order valence-electron chi connectivity index (χ2n) is 5.74. The molecule has 124 valence electrons. The highest BCUT2D eigenvalue weighted by atomic mass is 79.9. The molecule has 2 aromatic heterocycles. The van der Waals surface area contributed by atoms with E-state index >= 15 is 0 Å². The Morgan fingerprint density at radius 3 is 3.04 bits per heavy atom. The van der Waals surface area contributed by atoms with Crippen molar-refractivity contribution in [2.75, 3.05) is 18.0 Å². The van der Waals surface area contributed by atoms with Crippen LogP contribution in [-0.4, -0.2) is 38.9 Å². The fourth-order valence-corrected chi connectivity index (χ4v) is 3.79. The van der Waals surface area contributed by atoms with E-state index in [0.29, 0.717) is 5.02 Å². The molecule has 3 aromatic rings. The highest BCUT2D eigenvalue weighted by Crippen LogP contribution is 2.32. The standard InChI is InChI=1S/C16H15BrClN5O/c1-22-15-13(14(17)21-22)16(20-9-19-15)23-6-5-12(8-23)24-11-4-2-3-10(18)7-11/h2-4,7,9,12H,5-6,8H2,1H3. The topological polar surface area (TPSA) is 56.1 Å². The molecule has 1 aliphatic heterocycles. The third-order valence-electron chi connectivity index (χ3n) is 4.10. The van der Waals surface area contributed by atoms with Gasteiger partial charge in [0.2, 0.25) is 0 Å². The molecule has 6 nitrogen and oxygen atoms in total. The molecule has 1 aromatic carbocycles. The van der Waals surface area contributed by atoms with Crippen molar-refractivity contribution in [2.45, 2.75) is 12.5 Å². The van der Waals surface area contributed by atoms with Crippen molar-refractivity contribution in [3.05, 3.63) is 40.2 Å². The van der Waals surface area contributed by atoms with Crippen molar-refractivity contribution >= 4 is 44.4 Å². The average Bonchev–Trinajstić information content (AvgIpc) is 3.13. The zero-order valence-electron chi connectivity index (χ0n) is 13.0. The summed E-state index contributed by atoms with van der Waals surface area (Å²) in [7, 11) is 1.87. The lowest BCUT2D eigenvalue weighted by molar-refractivity contribution is 0.225. The van der Waals surface area contributed by atoms with Crippen LogP contribution < -0.4 is 9.64 Å². The highest BCUT2D eigenvalue weighted by Gasteiger charge is 2.28. The number of benzene rings is 1. The quantitative estimate of drug-likeness (QED) is 0.664. The zero-order valence-corrected chi connectivity index (χ0v) is 15.3. The summed E-state index contributed by atoms with van der Waals surface area (Å²) in [6.07, 6.45) is 2.61. The van der Waals surface area contributed by atoms with E-state index in [2.05, 4.69) is 35.9 Å². The Morgan fingerprint density at radius 2 is 2.21 bits per heavy atom. The normalized spacial score (nSPS) is 17.6. The smallest absolute Gasteiger partial charge is 0.164 e. The summed E-state index contributed by atoms with van der Waals surface area (Å²) in [4.78, 5) is 11.0. The SMILES string of the molecule is Cn1nc(Br)c2c(N3CCC(Oc4cccc(Cl)c4)C3)ncnc21. The van der Waals surface area contributed by atoms with Gasteiger partial charge in [-0.2, -0.15) is 5.10 Å². The van der Waals surface area contributed by atoms with Crippen LogP contribution in [0.25, 0.3) is 11.0 Å². The minimum Gasteiger partial charge on any atom is -0.488 e. The number of hydrogen-bond donors (Lipinski definition) is 0. The first-order valence-electron chi connectivity index (χ1n) is 7.62. The van der Waals surface area contributed by atoms with Crippen molar-refractivity contribution in [3.63, 3.8) is 0 Å². The van der Waals surface area contributed by atoms with Gasteiger partial charge in [0.15, 0.2) is 5.65 Å². The molecule has 1 unspecified atom stereocenters. The molecule has 0 amide bonds. The van der Waals surface area contributed by atoms with Crippen LogP contribution in [-0.2, 0) is 7.05 Å². The molecule has 0 radical (unpaired) electrons. The van der Waals surface area contributed by atoms with Gasteiger partial charge in [-0.3, -0.25) is 0 Å². The van der Waals surface area contributed by atoms with Crippen LogP contribution in [0.4, 0.5) is 5.82 Å². The van der Waals surface area contributed by atoms with Gasteiger partial charge in [-0.1, -0.05) is 17.7 Å². The van der Waals surface area contributed by atoms with Gasteiger partial charge in [0, 0.05) is 25.0 Å². The molecule has 3 heterocycles. The minimum absolute atomic E-state index is 0.101. The van der Waals surface area contributed by atoms with E-state index in [1.165, 1.54) is 0 Å². The Kier molecular flexibility index (Phi) is 4.05. The van der Waals surface area contributed by atoms with E-state index in [1.54, 1.807) is 11.0 Å². The largest absolute Gasteiger partial charge is 0.488 e. The summed E-state index contributed by atoms with van der Waals surface area (Å²) in [6, 6.07) is 7.50. The van der Waals surface area contributed by atoms with Crippen molar-refractivity contribution in [1.29, 1.82) is 0 Å². The van der Waals surface area contributed by atoms with Crippen LogP contribution in [0, 0.1) is 0 Å². The molecule has 1 atom stereocenters. The number of nitrogens with zero attached hydrogens (tertiary/aromatic N) is 5. The summed E-state index contributed by atoms with van der Waals surface area (Å²) in [5.41, 5.74) is 0.811. The van der Waals surface area contributed by atoms with Crippen LogP contribution in [0.5, 0.6) is 5.75 Å². The monoisotopic (exact) mass is 407 g/mol. The second kappa shape index (κ2) is 6.22. The first-order chi connectivity index (χ1) is 11.6. The lowest BCUT2D eigenvalue weighted by atomic mass is 10.3. The Morgan fingerprint density at radius 1 is 1.33 bits per heavy atom. The molecule has 0 bridgehead atoms. The molecule has 4 rings (SSSR count). The second-order valence-corrected chi connectivity index (χ2v) is 6.93. The maximum Gasteiger partial charge on any atom is 0.164 e. The Bertz CT molecular complexity index is 899. The molecule has 0 saturated carbocycles. The molecule has 0 aliphatic carbocycles. The third kappa shape index (κ3) is 2.82. The predicted octanol–water partition coefficient (Wildman–Crippen LogP) is 3.44. The number of ether oxygens (including phenoxy) is 1. The zero-order chi connectivity index (χ0) is 16.7. The van der Waals surface area contributed by atoms with Crippen molar-refractivity contribution in [1.82, 2.24) is 19.7 Å². The van der Waals surface area contributed by atoms with E-state index < -0.39 is 0 Å². The van der Waals surface area contributed by atoms with E-state index in [4.69, 9.17) is 16.3 Å². The van der Waals surface area contributed by atoms with Gasteiger partial charge in [-0.15, -0.1) is 0 Å². The van der Waals surface area contributed by atoms with Crippen molar-refractivity contribution < 1.29 is 4.74 Å². The summed E-state index contributed by atoms with van der Waals surface area (Å²) in [5, 5.41) is 5.99. The fraction of sp³-hybridized carbons (Fsp3) is 0.312. The summed E-state index contributed by atoms with van der Waals surface area (Å²) >= 11 is 9.53. The van der Waals surface area contributed by atoms with Gasteiger partial charge in [0.1, 0.15) is 28.6 Å². The van der Waals surface area contributed by atoms with Crippen LogP contribution in [0.15, 0.2) is 35.2 Å². The fourth-order valence-electron chi connectivity index (χ4n) is 3.02. The van der Waals surface area contributed by atoms with Crippen LogP contribution in [0.3, 0.4) is 0 Å². The molecule has 0 spiro atoms. The van der Waals surface area contributed by atoms with Gasteiger partial charge < -0.3 is 9.64 Å². The first kappa shape index (κ1) is 15.7. The van der Waals surface area contributed by atoms with Gasteiger partial charge >= 0.3 is 0 Å². The molecular formula is C16H15BrClN5O. The Hall–Kier alpha value is -1.86. The number of anilines is 1. The molecule has 1 fully saturated rings. The summed E-state index contributed by atoms with van der Waals surface area (Å²) in [6.45, 7) is 1.64. The predicted molar refractivity (Wildman–Crippen MR) is 96.7 cm³/mol. The number of fused-ring (bicyclic) bond motifs is 1. The van der Waals surface area contributed by atoms with Gasteiger partial charge in [0.05, 0.1) is 11.9 Å². The summed E-state index contributed by atoms with van der Waals surface area (Å²) in [5.74, 6) is 1.68.